The molecule has 0 saturated heterocycles. The minimum Gasteiger partial charge on any atom is -0.495 e. The molecule has 1 unspecified atom stereocenters. The summed E-state index contributed by atoms with van der Waals surface area (Å²) >= 11 is 25.6. The molecule has 0 fully saturated rings. The van der Waals surface area contributed by atoms with Crippen LogP contribution < -0.4 is 15.4 Å². The number of benzene rings is 4. The Hall–Kier alpha value is -3.40. The third-order valence-electron chi connectivity index (χ3n) is 5.78. The quantitative estimate of drug-likeness (QED) is 0.0951. The molecule has 1 atom stereocenters. The van der Waals surface area contributed by atoms with E-state index in [2.05, 4.69) is 10.6 Å². The van der Waals surface area contributed by atoms with Crippen LogP contribution in [0.5, 0.6) is 5.75 Å². The number of rotatable bonds is 9. The van der Waals surface area contributed by atoms with Crippen molar-refractivity contribution in [3.05, 3.63) is 116 Å². The summed E-state index contributed by atoms with van der Waals surface area (Å²) in [5, 5.41) is 13.3. The van der Waals surface area contributed by atoms with Gasteiger partial charge in [-0.15, -0.1) is 11.8 Å². The molecule has 0 spiro atoms. The standard InChI is InChI=1S/C29H20Cl4N2O5S/c1-40-19-10-6-5-9-18(19)35-28(37)26(15-7-3-2-4-8-15)41-17-13-11-16(12-14-17)34-27(36)20-21(29(38)39)23(31)25(33)24(32)22(20)30/h2-14,26H,1H3,(H,34,36)(H,35,37)(H,38,39). The Labute approximate surface area is 259 Å². The van der Waals surface area contributed by atoms with E-state index in [0.717, 1.165) is 10.5 Å². The Morgan fingerprint density at radius 3 is 1.95 bits per heavy atom. The highest BCUT2D eigenvalue weighted by atomic mass is 35.5. The van der Waals surface area contributed by atoms with Gasteiger partial charge in [0, 0.05) is 10.6 Å². The highest BCUT2D eigenvalue weighted by Crippen LogP contribution is 2.42. The van der Waals surface area contributed by atoms with Gasteiger partial charge >= 0.3 is 5.97 Å². The van der Waals surface area contributed by atoms with Gasteiger partial charge in [-0.25, -0.2) is 4.79 Å². The number of nitrogens with one attached hydrogen (secondary N) is 2. The number of hydrogen-bond acceptors (Lipinski definition) is 5. The molecule has 4 aromatic rings. The van der Waals surface area contributed by atoms with E-state index in [1.54, 1.807) is 42.5 Å². The number of halogens is 4. The first-order valence-corrected chi connectivity index (χ1v) is 14.2. The number of anilines is 2. The van der Waals surface area contributed by atoms with Gasteiger partial charge in [0.05, 0.1) is 44.0 Å². The van der Waals surface area contributed by atoms with Gasteiger partial charge in [-0.05, 0) is 42.0 Å². The normalized spacial score (nSPS) is 11.4. The predicted octanol–water partition coefficient (Wildman–Crippen LogP) is 8.73. The fourth-order valence-electron chi connectivity index (χ4n) is 3.84. The first-order chi connectivity index (χ1) is 19.6. The molecule has 0 aromatic heterocycles. The lowest BCUT2D eigenvalue weighted by atomic mass is 10.1. The van der Waals surface area contributed by atoms with Crippen LogP contribution in [-0.4, -0.2) is 30.0 Å². The van der Waals surface area contributed by atoms with E-state index < -0.39 is 33.3 Å². The van der Waals surface area contributed by atoms with Crippen molar-refractivity contribution in [2.75, 3.05) is 17.7 Å². The van der Waals surface area contributed by atoms with Crippen LogP contribution in [0.1, 0.15) is 31.5 Å². The highest BCUT2D eigenvalue weighted by Gasteiger charge is 2.29. The van der Waals surface area contributed by atoms with Crippen LogP contribution in [0.2, 0.25) is 20.1 Å². The minimum absolute atomic E-state index is 0.237. The average Bonchev–Trinajstić information content (AvgIpc) is 2.97. The van der Waals surface area contributed by atoms with Gasteiger partial charge in [-0.2, -0.15) is 0 Å². The lowest BCUT2D eigenvalue weighted by Gasteiger charge is -2.18. The number of methoxy groups -OCH3 is 1. The molecule has 0 aliphatic rings. The van der Waals surface area contributed by atoms with Crippen molar-refractivity contribution in [2.24, 2.45) is 0 Å². The summed E-state index contributed by atoms with van der Waals surface area (Å²) in [5.74, 6) is -2.06. The lowest BCUT2D eigenvalue weighted by Crippen LogP contribution is -2.19. The third-order valence-corrected chi connectivity index (χ3v) is 8.85. The fraction of sp³-hybridized carbons (Fsp3) is 0.0690. The van der Waals surface area contributed by atoms with Crippen LogP contribution in [0.15, 0.2) is 83.8 Å². The van der Waals surface area contributed by atoms with Crippen molar-refractivity contribution in [1.82, 2.24) is 0 Å². The molecule has 0 aliphatic carbocycles. The first-order valence-electron chi connectivity index (χ1n) is 11.8. The van der Waals surface area contributed by atoms with Crippen molar-refractivity contribution < 1.29 is 24.2 Å². The number of para-hydroxylation sites is 2. The van der Waals surface area contributed by atoms with E-state index in [1.807, 2.05) is 36.4 Å². The maximum absolute atomic E-state index is 13.4. The van der Waals surface area contributed by atoms with Crippen LogP contribution in [0, 0.1) is 0 Å². The molecular formula is C29H20Cl4N2O5S. The Kier molecular flexibility index (Phi) is 10.1. The van der Waals surface area contributed by atoms with E-state index in [1.165, 1.54) is 18.9 Å². The van der Waals surface area contributed by atoms with E-state index in [4.69, 9.17) is 51.1 Å². The van der Waals surface area contributed by atoms with Gasteiger partial charge in [0.25, 0.3) is 5.91 Å². The summed E-state index contributed by atoms with van der Waals surface area (Å²) in [6.45, 7) is 0. The maximum Gasteiger partial charge on any atom is 0.338 e. The number of ether oxygens (including phenoxy) is 1. The topological polar surface area (TPSA) is 105 Å². The number of carboxylic acid groups (broad SMARTS) is 1. The van der Waals surface area contributed by atoms with E-state index in [-0.39, 0.29) is 21.0 Å². The lowest BCUT2D eigenvalue weighted by molar-refractivity contribution is -0.115. The minimum atomic E-state index is -1.49. The Morgan fingerprint density at radius 2 is 1.34 bits per heavy atom. The molecule has 12 heteroatoms. The number of carbonyl (C=O) groups excluding carboxylic acids is 2. The molecule has 0 heterocycles. The van der Waals surface area contributed by atoms with Crippen LogP contribution in [0.25, 0.3) is 0 Å². The number of carbonyl (C=O) groups is 3. The second-order valence-corrected chi connectivity index (χ2v) is 11.1. The number of amides is 2. The number of carboxylic acids is 1. The molecule has 0 saturated carbocycles. The van der Waals surface area contributed by atoms with E-state index >= 15 is 0 Å². The second-order valence-electron chi connectivity index (χ2n) is 8.39. The summed E-state index contributed by atoms with van der Waals surface area (Å²) in [6.07, 6.45) is 0. The van der Waals surface area contributed by atoms with Gasteiger partial charge in [0.2, 0.25) is 5.91 Å². The molecule has 2 amide bonds. The molecule has 0 radical (unpaired) electrons. The molecule has 3 N–H and O–H groups in total. The Balaban J connectivity index is 1.57. The van der Waals surface area contributed by atoms with Crippen LogP contribution in [-0.2, 0) is 4.79 Å². The molecule has 41 heavy (non-hydrogen) atoms. The van der Waals surface area contributed by atoms with Crippen LogP contribution in [0.4, 0.5) is 11.4 Å². The molecule has 210 valence electrons. The molecule has 4 rings (SSSR count). The van der Waals surface area contributed by atoms with Crippen LogP contribution >= 0.6 is 58.2 Å². The van der Waals surface area contributed by atoms with E-state index in [0.29, 0.717) is 17.1 Å². The summed E-state index contributed by atoms with van der Waals surface area (Å²) in [6, 6.07) is 23.1. The fourth-order valence-corrected chi connectivity index (χ4v) is 5.88. The van der Waals surface area contributed by atoms with E-state index in [9.17, 15) is 19.5 Å². The number of aromatic carboxylic acids is 1. The van der Waals surface area contributed by atoms with Gasteiger partial charge in [-0.1, -0.05) is 88.9 Å². The Bertz CT molecular complexity index is 1620. The zero-order chi connectivity index (χ0) is 29.7. The molecule has 4 aromatic carbocycles. The highest BCUT2D eigenvalue weighted by molar-refractivity contribution is 8.00. The first kappa shape index (κ1) is 30.6. The maximum atomic E-state index is 13.4. The predicted molar refractivity (Wildman–Crippen MR) is 165 cm³/mol. The monoisotopic (exact) mass is 648 g/mol. The largest absolute Gasteiger partial charge is 0.495 e. The number of thioether (sulfide) groups is 1. The van der Waals surface area contributed by atoms with Gasteiger partial charge in [0.15, 0.2) is 0 Å². The number of hydrogen-bond donors (Lipinski definition) is 3. The molecule has 0 bridgehead atoms. The zero-order valence-corrected chi connectivity index (χ0v) is 24.9. The average molecular weight is 650 g/mol. The second kappa shape index (κ2) is 13.5. The van der Waals surface area contributed by atoms with Crippen LogP contribution in [0.3, 0.4) is 0 Å². The smallest absolute Gasteiger partial charge is 0.338 e. The molecular weight excluding hydrogens is 630 g/mol. The van der Waals surface area contributed by atoms with Crippen molar-refractivity contribution in [1.29, 1.82) is 0 Å². The van der Waals surface area contributed by atoms with Gasteiger partial charge < -0.3 is 20.5 Å². The summed E-state index contributed by atoms with van der Waals surface area (Å²) < 4.78 is 5.36. The summed E-state index contributed by atoms with van der Waals surface area (Å²) in [7, 11) is 1.53. The molecule has 7 nitrogen and oxygen atoms in total. The van der Waals surface area contributed by atoms with Gasteiger partial charge in [0.1, 0.15) is 11.0 Å². The molecule has 0 aliphatic heterocycles. The van der Waals surface area contributed by atoms with Crippen molar-refractivity contribution in [3.8, 4) is 5.75 Å². The summed E-state index contributed by atoms with van der Waals surface area (Å²) in [4.78, 5) is 39.0. The SMILES string of the molecule is COc1ccccc1NC(=O)C(Sc1ccc(NC(=O)c2c(Cl)c(Cl)c(Cl)c(Cl)c2C(=O)O)cc1)c1ccccc1. The van der Waals surface area contributed by atoms with Crippen molar-refractivity contribution in [3.63, 3.8) is 0 Å². The van der Waals surface area contributed by atoms with Gasteiger partial charge in [-0.3, -0.25) is 9.59 Å². The van der Waals surface area contributed by atoms with Crippen molar-refractivity contribution >= 4 is 87.3 Å². The van der Waals surface area contributed by atoms with Crippen molar-refractivity contribution in [2.45, 2.75) is 10.1 Å². The third kappa shape index (κ3) is 6.92. The summed E-state index contributed by atoms with van der Waals surface area (Å²) in [5.41, 5.74) is 0.677. The zero-order valence-electron chi connectivity index (χ0n) is 21.1. The Morgan fingerprint density at radius 1 is 0.756 bits per heavy atom.